The maximum absolute atomic E-state index is 12.7. The van der Waals surface area contributed by atoms with Crippen LogP contribution in [0.4, 0.5) is 13.2 Å². The minimum absolute atomic E-state index is 0.366. The molecule has 4 nitrogen and oxygen atoms in total. The molecule has 2 aromatic rings. The largest absolute Gasteiger partial charge is 0.433 e. The lowest BCUT2D eigenvalue weighted by molar-refractivity contribution is -0.141. The van der Waals surface area contributed by atoms with E-state index in [1.165, 1.54) is 23.6 Å². The minimum Gasteiger partial charge on any atom is -0.299 e. The van der Waals surface area contributed by atoms with Crippen molar-refractivity contribution in [1.82, 2.24) is 19.7 Å². The fraction of sp³-hybridized carbons (Fsp3) is 0.429. The number of likely N-dealkylation sites (tertiary alicyclic amines) is 1. The SMILES string of the molecule is FC(F)(F)c1cc(-n2cc(CN3CCCC3)cn2)ccn1. The Balaban J connectivity index is 1.79. The molecule has 0 radical (unpaired) electrons. The highest BCUT2D eigenvalue weighted by Gasteiger charge is 2.32. The highest BCUT2D eigenvalue weighted by atomic mass is 19.4. The normalized spacial score (nSPS) is 16.5. The smallest absolute Gasteiger partial charge is 0.299 e. The molecule has 0 aromatic carbocycles. The van der Waals surface area contributed by atoms with Crippen molar-refractivity contribution in [3.8, 4) is 5.69 Å². The Morgan fingerprint density at radius 3 is 2.67 bits per heavy atom. The summed E-state index contributed by atoms with van der Waals surface area (Å²) in [5, 5.41) is 4.15. The molecular formula is C14H15F3N4. The van der Waals surface area contributed by atoms with Crippen LogP contribution in [0.3, 0.4) is 0 Å². The standard InChI is InChI=1S/C14H15F3N4/c15-14(16,17)13-7-12(3-4-18-13)21-10-11(8-19-21)9-20-5-1-2-6-20/h3-4,7-8,10H,1-2,5-6,9H2. The number of aromatic nitrogens is 3. The Hall–Kier alpha value is -1.89. The van der Waals surface area contributed by atoms with E-state index in [0.717, 1.165) is 37.5 Å². The maximum Gasteiger partial charge on any atom is 0.433 e. The first-order valence-corrected chi connectivity index (χ1v) is 6.82. The van der Waals surface area contributed by atoms with Crippen molar-refractivity contribution in [2.75, 3.05) is 13.1 Å². The van der Waals surface area contributed by atoms with E-state index in [1.807, 2.05) is 0 Å². The zero-order valence-corrected chi connectivity index (χ0v) is 11.3. The Bertz CT molecular complexity index is 615. The third-order valence-electron chi connectivity index (χ3n) is 3.54. The molecule has 7 heteroatoms. The van der Waals surface area contributed by atoms with E-state index in [9.17, 15) is 13.2 Å². The van der Waals surface area contributed by atoms with Crippen LogP contribution in [-0.2, 0) is 12.7 Å². The molecule has 1 saturated heterocycles. The molecule has 1 fully saturated rings. The van der Waals surface area contributed by atoms with Gasteiger partial charge < -0.3 is 0 Å². The molecule has 3 rings (SSSR count). The van der Waals surface area contributed by atoms with Crippen LogP contribution < -0.4 is 0 Å². The van der Waals surface area contributed by atoms with Crippen LogP contribution >= 0.6 is 0 Å². The van der Waals surface area contributed by atoms with Crippen LogP contribution in [0, 0.1) is 0 Å². The highest BCUT2D eigenvalue weighted by Crippen LogP contribution is 2.28. The van der Waals surface area contributed by atoms with E-state index in [-0.39, 0.29) is 0 Å². The van der Waals surface area contributed by atoms with E-state index < -0.39 is 11.9 Å². The average Bonchev–Trinajstić information content (AvgIpc) is 3.10. The van der Waals surface area contributed by atoms with E-state index in [0.29, 0.717) is 5.69 Å². The van der Waals surface area contributed by atoms with E-state index in [2.05, 4.69) is 15.0 Å². The molecule has 0 saturated carbocycles. The summed E-state index contributed by atoms with van der Waals surface area (Å²) in [6, 6.07) is 2.52. The Morgan fingerprint density at radius 2 is 1.95 bits per heavy atom. The van der Waals surface area contributed by atoms with Gasteiger partial charge in [-0.2, -0.15) is 18.3 Å². The van der Waals surface area contributed by atoms with Crippen LogP contribution in [0.2, 0.25) is 0 Å². The fourth-order valence-electron chi connectivity index (χ4n) is 2.50. The third kappa shape index (κ3) is 3.24. The molecule has 3 heterocycles. The minimum atomic E-state index is -4.44. The van der Waals surface area contributed by atoms with Gasteiger partial charge in [0.05, 0.1) is 11.9 Å². The summed E-state index contributed by atoms with van der Waals surface area (Å²) < 4.78 is 39.4. The predicted molar refractivity (Wildman–Crippen MR) is 70.9 cm³/mol. The second kappa shape index (κ2) is 5.48. The second-order valence-electron chi connectivity index (χ2n) is 5.17. The summed E-state index contributed by atoms with van der Waals surface area (Å²) in [7, 11) is 0. The van der Waals surface area contributed by atoms with E-state index in [4.69, 9.17) is 0 Å². The summed E-state index contributed by atoms with van der Waals surface area (Å²) in [6.45, 7) is 2.93. The zero-order valence-electron chi connectivity index (χ0n) is 11.3. The average molecular weight is 296 g/mol. The van der Waals surface area contributed by atoms with Crippen LogP contribution in [0.5, 0.6) is 0 Å². The van der Waals surface area contributed by atoms with Gasteiger partial charge in [0.15, 0.2) is 0 Å². The van der Waals surface area contributed by atoms with Crippen LogP contribution in [-0.4, -0.2) is 32.8 Å². The number of rotatable bonds is 3. The molecule has 21 heavy (non-hydrogen) atoms. The Morgan fingerprint density at radius 1 is 1.19 bits per heavy atom. The summed E-state index contributed by atoms with van der Waals surface area (Å²) in [5.41, 5.74) is 0.462. The molecule has 1 aliphatic rings. The van der Waals surface area contributed by atoms with Gasteiger partial charge >= 0.3 is 6.18 Å². The van der Waals surface area contributed by atoms with E-state index >= 15 is 0 Å². The Kier molecular flexibility index (Phi) is 3.67. The molecule has 112 valence electrons. The molecule has 0 unspecified atom stereocenters. The maximum atomic E-state index is 12.7. The van der Waals surface area contributed by atoms with Crippen LogP contribution in [0.15, 0.2) is 30.7 Å². The number of halogens is 3. The van der Waals surface area contributed by atoms with Gasteiger partial charge in [-0.15, -0.1) is 0 Å². The molecule has 0 bridgehead atoms. The van der Waals surface area contributed by atoms with Gasteiger partial charge in [-0.05, 0) is 38.1 Å². The van der Waals surface area contributed by atoms with Crippen molar-refractivity contribution in [1.29, 1.82) is 0 Å². The first-order chi connectivity index (χ1) is 10.0. The second-order valence-corrected chi connectivity index (χ2v) is 5.17. The molecule has 0 aliphatic carbocycles. The van der Waals surface area contributed by atoms with Crippen molar-refractivity contribution >= 4 is 0 Å². The first-order valence-electron chi connectivity index (χ1n) is 6.82. The fourth-order valence-corrected chi connectivity index (χ4v) is 2.50. The topological polar surface area (TPSA) is 34.0 Å². The molecule has 2 aromatic heterocycles. The van der Waals surface area contributed by atoms with Gasteiger partial charge in [0.25, 0.3) is 0 Å². The molecule has 0 spiro atoms. The molecular weight excluding hydrogens is 281 g/mol. The summed E-state index contributed by atoms with van der Waals surface area (Å²) in [4.78, 5) is 5.67. The van der Waals surface area contributed by atoms with Gasteiger partial charge in [0.2, 0.25) is 0 Å². The number of nitrogens with zero attached hydrogens (tertiary/aromatic N) is 4. The molecule has 1 aliphatic heterocycles. The van der Waals surface area contributed by atoms with Gasteiger partial charge in [0, 0.05) is 24.5 Å². The number of pyridine rings is 1. The van der Waals surface area contributed by atoms with Crippen molar-refractivity contribution in [3.63, 3.8) is 0 Å². The van der Waals surface area contributed by atoms with Crippen molar-refractivity contribution in [3.05, 3.63) is 42.0 Å². The van der Waals surface area contributed by atoms with Gasteiger partial charge in [0.1, 0.15) is 5.69 Å². The van der Waals surface area contributed by atoms with Crippen molar-refractivity contribution < 1.29 is 13.2 Å². The lowest BCUT2D eigenvalue weighted by atomic mass is 10.3. The quantitative estimate of drug-likeness (QED) is 0.873. The van der Waals surface area contributed by atoms with Gasteiger partial charge in [-0.3, -0.25) is 9.88 Å². The van der Waals surface area contributed by atoms with Gasteiger partial charge in [-0.1, -0.05) is 0 Å². The summed E-state index contributed by atoms with van der Waals surface area (Å²) >= 11 is 0. The third-order valence-corrected chi connectivity index (χ3v) is 3.54. The lowest BCUT2D eigenvalue weighted by Crippen LogP contribution is -2.17. The van der Waals surface area contributed by atoms with Crippen molar-refractivity contribution in [2.24, 2.45) is 0 Å². The predicted octanol–water partition coefficient (Wildman–Crippen LogP) is 2.88. The summed E-state index contributed by atoms with van der Waals surface area (Å²) in [6.07, 6.45) is 2.59. The van der Waals surface area contributed by atoms with Crippen LogP contribution in [0.1, 0.15) is 24.1 Å². The van der Waals surface area contributed by atoms with Gasteiger partial charge in [-0.25, -0.2) is 4.68 Å². The number of alkyl halides is 3. The molecule has 0 amide bonds. The van der Waals surface area contributed by atoms with E-state index in [1.54, 1.807) is 12.4 Å². The number of hydrogen-bond acceptors (Lipinski definition) is 3. The van der Waals surface area contributed by atoms with Crippen molar-refractivity contribution in [2.45, 2.75) is 25.6 Å². The van der Waals surface area contributed by atoms with Crippen LogP contribution in [0.25, 0.3) is 5.69 Å². The molecule has 0 atom stereocenters. The monoisotopic (exact) mass is 296 g/mol. The number of hydrogen-bond donors (Lipinski definition) is 0. The first kappa shape index (κ1) is 14.1. The lowest BCUT2D eigenvalue weighted by Gasteiger charge is -2.12. The Labute approximate surface area is 120 Å². The highest BCUT2D eigenvalue weighted by molar-refractivity contribution is 5.32. The zero-order chi connectivity index (χ0) is 14.9. The summed E-state index contributed by atoms with van der Waals surface area (Å²) in [5.74, 6) is 0. The molecule has 0 N–H and O–H groups in total.